The van der Waals surface area contributed by atoms with Crippen LogP contribution in [0.3, 0.4) is 0 Å². The van der Waals surface area contributed by atoms with Gasteiger partial charge in [-0.05, 0) is 23.7 Å². The Morgan fingerprint density at radius 2 is 1.44 bits per heavy atom. The Bertz CT molecular complexity index is 342. The van der Waals surface area contributed by atoms with Gasteiger partial charge in [-0.1, -0.05) is 37.4 Å². The quantitative estimate of drug-likeness (QED) is 0.324. The summed E-state index contributed by atoms with van der Waals surface area (Å²) in [6, 6.07) is 0. The van der Waals surface area contributed by atoms with E-state index in [-0.39, 0.29) is 5.57 Å². The molecule has 0 aliphatic carbocycles. The normalized spacial score (nSPS) is 13.6. The average molecular weight is 288 g/mol. The van der Waals surface area contributed by atoms with Crippen molar-refractivity contribution in [3.63, 3.8) is 0 Å². The highest BCUT2D eigenvalue weighted by atomic mass is 32.2. The van der Waals surface area contributed by atoms with Crippen LogP contribution in [0, 0.1) is 0 Å². The second kappa shape index (κ2) is 8.26. The van der Waals surface area contributed by atoms with E-state index < -0.39 is 11.9 Å². The molecule has 1 aliphatic rings. The number of ether oxygens (including phenoxy) is 2. The Hall–Kier alpha value is -0.880. The fraction of sp³-hybridized carbons (Fsp3) is 0.500. The van der Waals surface area contributed by atoms with Crippen LogP contribution < -0.4 is 0 Å². The average Bonchev–Trinajstić information content (AvgIpc) is 2.87. The van der Waals surface area contributed by atoms with Gasteiger partial charge in [0.15, 0.2) is 5.57 Å². The molecule has 0 bridgehead atoms. The number of rotatable bonds is 6. The predicted molar refractivity (Wildman–Crippen MR) is 73.8 cm³/mol. The number of hydrogen-bond acceptors (Lipinski definition) is 6. The summed E-state index contributed by atoms with van der Waals surface area (Å²) in [5, 5.41) is 3.64. The fourth-order valence-electron chi connectivity index (χ4n) is 1.11. The van der Waals surface area contributed by atoms with Gasteiger partial charge in [0.2, 0.25) is 0 Å². The zero-order chi connectivity index (χ0) is 13.4. The van der Waals surface area contributed by atoms with Crippen LogP contribution in [0.25, 0.3) is 0 Å². The van der Waals surface area contributed by atoms with Crippen LogP contribution in [0.2, 0.25) is 0 Å². The number of thioether (sulfide) groups is 2. The predicted octanol–water partition coefficient (Wildman–Crippen LogP) is 3.06. The standard InChI is InChI=1S/C12H16O4S2/c1-3-5-15-10(13)9(11(14)16-6-4-2)12-17-7-8-18-12/h7-8H,3-6H2,1-2H3. The zero-order valence-electron chi connectivity index (χ0n) is 10.4. The Morgan fingerprint density at radius 1 is 1.00 bits per heavy atom. The molecule has 0 saturated heterocycles. The van der Waals surface area contributed by atoms with Gasteiger partial charge in [-0.3, -0.25) is 0 Å². The van der Waals surface area contributed by atoms with Crippen molar-refractivity contribution in [1.29, 1.82) is 0 Å². The largest absolute Gasteiger partial charge is 0.462 e. The Kier molecular flexibility index (Phi) is 6.97. The maximum Gasteiger partial charge on any atom is 0.347 e. The summed E-state index contributed by atoms with van der Waals surface area (Å²) in [6.45, 7) is 4.41. The summed E-state index contributed by atoms with van der Waals surface area (Å²) in [5.41, 5.74) is 0.0110. The van der Waals surface area contributed by atoms with Crippen LogP contribution in [0.4, 0.5) is 0 Å². The monoisotopic (exact) mass is 288 g/mol. The van der Waals surface area contributed by atoms with E-state index >= 15 is 0 Å². The van der Waals surface area contributed by atoms with Crippen molar-refractivity contribution in [2.45, 2.75) is 26.7 Å². The maximum absolute atomic E-state index is 11.9. The Balaban J connectivity index is 2.79. The lowest BCUT2D eigenvalue weighted by atomic mass is 10.3. The van der Waals surface area contributed by atoms with Crippen LogP contribution in [0.5, 0.6) is 0 Å². The maximum atomic E-state index is 11.9. The molecular weight excluding hydrogens is 272 g/mol. The van der Waals surface area contributed by atoms with Crippen molar-refractivity contribution in [2.75, 3.05) is 13.2 Å². The molecule has 0 N–H and O–H groups in total. The highest BCUT2D eigenvalue weighted by Gasteiger charge is 2.27. The minimum Gasteiger partial charge on any atom is -0.462 e. The van der Waals surface area contributed by atoms with Gasteiger partial charge in [-0.2, -0.15) is 0 Å². The molecule has 0 radical (unpaired) electrons. The molecule has 0 fully saturated rings. The number of carbonyl (C=O) groups excluding carboxylic acids is 2. The van der Waals surface area contributed by atoms with Crippen molar-refractivity contribution < 1.29 is 19.1 Å². The van der Waals surface area contributed by atoms with E-state index in [1.807, 2.05) is 24.7 Å². The van der Waals surface area contributed by atoms with Gasteiger partial charge >= 0.3 is 11.9 Å². The summed E-state index contributed by atoms with van der Waals surface area (Å²) in [7, 11) is 0. The lowest BCUT2D eigenvalue weighted by Gasteiger charge is -2.09. The van der Waals surface area contributed by atoms with E-state index in [2.05, 4.69) is 0 Å². The highest BCUT2D eigenvalue weighted by Crippen LogP contribution is 2.40. The van der Waals surface area contributed by atoms with Gasteiger partial charge in [-0.25, -0.2) is 9.59 Å². The minimum absolute atomic E-state index is 0.0110. The van der Waals surface area contributed by atoms with E-state index in [1.165, 1.54) is 23.5 Å². The van der Waals surface area contributed by atoms with Gasteiger partial charge in [0.25, 0.3) is 0 Å². The molecule has 18 heavy (non-hydrogen) atoms. The molecule has 0 aromatic rings. The summed E-state index contributed by atoms with van der Waals surface area (Å²) in [4.78, 5) is 23.7. The Morgan fingerprint density at radius 3 is 1.83 bits per heavy atom. The smallest absolute Gasteiger partial charge is 0.347 e. The van der Waals surface area contributed by atoms with Crippen LogP contribution in [-0.4, -0.2) is 25.2 Å². The van der Waals surface area contributed by atoms with Crippen LogP contribution in [0.15, 0.2) is 20.6 Å². The van der Waals surface area contributed by atoms with E-state index in [1.54, 1.807) is 0 Å². The van der Waals surface area contributed by atoms with E-state index in [9.17, 15) is 9.59 Å². The molecule has 0 atom stereocenters. The molecule has 1 heterocycles. The number of esters is 2. The third-order valence-corrected chi connectivity index (χ3v) is 4.02. The molecule has 0 aromatic carbocycles. The first-order valence-corrected chi connectivity index (χ1v) is 7.53. The van der Waals surface area contributed by atoms with Crippen LogP contribution in [0.1, 0.15) is 26.7 Å². The lowest BCUT2D eigenvalue weighted by molar-refractivity contribution is -0.147. The molecule has 0 aromatic heterocycles. The number of hydrogen-bond donors (Lipinski definition) is 0. The van der Waals surface area contributed by atoms with Crippen molar-refractivity contribution in [3.05, 3.63) is 20.6 Å². The Labute approximate surface area is 115 Å². The lowest BCUT2D eigenvalue weighted by Crippen LogP contribution is -2.20. The van der Waals surface area contributed by atoms with E-state index in [0.717, 1.165) is 12.8 Å². The molecule has 6 heteroatoms. The van der Waals surface area contributed by atoms with Crippen molar-refractivity contribution in [3.8, 4) is 0 Å². The first-order chi connectivity index (χ1) is 8.70. The van der Waals surface area contributed by atoms with Gasteiger partial charge in [0, 0.05) is 0 Å². The van der Waals surface area contributed by atoms with Crippen molar-refractivity contribution in [2.24, 2.45) is 0 Å². The molecule has 100 valence electrons. The third-order valence-electron chi connectivity index (χ3n) is 1.89. The molecular formula is C12H16O4S2. The molecule has 1 rings (SSSR count). The SMILES string of the molecule is CCCOC(=O)C(C(=O)OCCC)=C1SC=CS1. The number of carbonyl (C=O) groups is 2. The van der Waals surface area contributed by atoms with E-state index in [4.69, 9.17) is 9.47 Å². The highest BCUT2D eigenvalue weighted by molar-refractivity contribution is 8.27. The van der Waals surface area contributed by atoms with Gasteiger partial charge in [-0.15, -0.1) is 0 Å². The topological polar surface area (TPSA) is 52.6 Å². The molecule has 0 spiro atoms. The third kappa shape index (κ3) is 4.42. The second-order valence-electron chi connectivity index (χ2n) is 3.44. The molecule has 0 amide bonds. The summed E-state index contributed by atoms with van der Waals surface area (Å²) in [6.07, 6.45) is 1.44. The second-order valence-corrected chi connectivity index (χ2v) is 5.53. The van der Waals surface area contributed by atoms with Crippen LogP contribution in [-0.2, 0) is 19.1 Å². The molecule has 0 unspecified atom stereocenters. The first-order valence-electron chi connectivity index (χ1n) is 5.77. The van der Waals surface area contributed by atoms with Crippen molar-refractivity contribution in [1.82, 2.24) is 0 Å². The van der Waals surface area contributed by atoms with E-state index in [0.29, 0.717) is 17.5 Å². The van der Waals surface area contributed by atoms with Gasteiger partial charge in [0.1, 0.15) is 0 Å². The van der Waals surface area contributed by atoms with Gasteiger partial charge < -0.3 is 9.47 Å². The van der Waals surface area contributed by atoms with Crippen molar-refractivity contribution >= 4 is 35.5 Å². The summed E-state index contributed by atoms with van der Waals surface area (Å²) >= 11 is 2.67. The molecule has 0 saturated carbocycles. The molecule has 1 aliphatic heterocycles. The van der Waals surface area contributed by atoms with Gasteiger partial charge in [0.05, 0.1) is 17.5 Å². The van der Waals surface area contributed by atoms with Crippen LogP contribution >= 0.6 is 23.5 Å². The fourth-order valence-corrected chi connectivity index (χ4v) is 2.92. The first kappa shape index (κ1) is 15.2. The summed E-state index contributed by atoms with van der Waals surface area (Å²) in [5.74, 6) is -1.20. The summed E-state index contributed by atoms with van der Waals surface area (Å²) < 4.78 is 10.7. The minimum atomic E-state index is -0.600. The molecule has 4 nitrogen and oxygen atoms in total. The zero-order valence-corrected chi connectivity index (χ0v) is 12.1.